The van der Waals surface area contributed by atoms with Gasteiger partial charge in [-0.3, -0.25) is 4.55 Å². The van der Waals surface area contributed by atoms with Gasteiger partial charge in [0.1, 0.15) is 5.75 Å². The maximum Gasteiger partial charge on any atom is 0.341 e. The van der Waals surface area contributed by atoms with Crippen molar-refractivity contribution in [1.29, 1.82) is 0 Å². The van der Waals surface area contributed by atoms with Gasteiger partial charge in [-0.05, 0) is 12.1 Å². The van der Waals surface area contributed by atoms with Crippen LogP contribution in [0.15, 0.2) is 29.2 Å². The summed E-state index contributed by atoms with van der Waals surface area (Å²) in [6.07, 6.45) is 0. The average molecular weight is 232 g/mol. The topological polar surface area (TPSA) is 101 Å². The van der Waals surface area contributed by atoms with E-state index >= 15 is 0 Å². The van der Waals surface area contributed by atoms with Crippen LogP contribution >= 0.6 is 0 Å². The maximum absolute atomic E-state index is 10.7. The minimum atomic E-state index is -4.29. The molecule has 1 aromatic rings. The zero-order valence-electron chi connectivity index (χ0n) is 7.45. The Labute approximate surface area is 85.9 Å². The van der Waals surface area contributed by atoms with Crippen molar-refractivity contribution in [2.45, 2.75) is 4.90 Å². The van der Waals surface area contributed by atoms with Crippen molar-refractivity contribution in [2.75, 3.05) is 6.61 Å². The van der Waals surface area contributed by atoms with Gasteiger partial charge in [0.15, 0.2) is 6.61 Å². The molecule has 0 spiro atoms. The average Bonchev–Trinajstić information content (AvgIpc) is 2.14. The van der Waals surface area contributed by atoms with Crippen LogP contribution in [0.1, 0.15) is 0 Å². The number of carboxylic acids is 1. The molecule has 0 aliphatic carbocycles. The van der Waals surface area contributed by atoms with Gasteiger partial charge in [-0.2, -0.15) is 8.42 Å². The SMILES string of the molecule is O=C(O)COc1cccc(S(=O)(=O)O)c1. The number of rotatable bonds is 4. The third-order valence-electron chi connectivity index (χ3n) is 1.47. The molecule has 0 aromatic heterocycles. The molecule has 0 atom stereocenters. The van der Waals surface area contributed by atoms with E-state index in [1.807, 2.05) is 0 Å². The Hall–Kier alpha value is -1.60. The number of carbonyl (C=O) groups is 1. The first-order chi connectivity index (χ1) is 6.89. The molecule has 7 heteroatoms. The Morgan fingerprint density at radius 2 is 2.07 bits per heavy atom. The van der Waals surface area contributed by atoms with E-state index in [0.29, 0.717) is 0 Å². The van der Waals surface area contributed by atoms with Gasteiger partial charge in [0, 0.05) is 6.07 Å². The van der Waals surface area contributed by atoms with E-state index in [0.717, 1.165) is 6.07 Å². The Balaban J connectivity index is 2.89. The third kappa shape index (κ3) is 3.56. The van der Waals surface area contributed by atoms with Gasteiger partial charge in [-0.15, -0.1) is 0 Å². The summed E-state index contributed by atoms with van der Waals surface area (Å²) >= 11 is 0. The largest absolute Gasteiger partial charge is 0.482 e. The minimum Gasteiger partial charge on any atom is -0.482 e. The highest BCUT2D eigenvalue weighted by Gasteiger charge is 2.10. The lowest BCUT2D eigenvalue weighted by Crippen LogP contribution is -2.09. The van der Waals surface area contributed by atoms with Gasteiger partial charge in [0.2, 0.25) is 0 Å². The standard InChI is InChI=1S/C8H8O6S/c9-8(10)5-14-6-2-1-3-7(4-6)15(11,12)13/h1-4H,5H2,(H,9,10)(H,11,12,13). The van der Waals surface area contributed by atoms with Gasteiger partial charge >= 0.3 is 5.97 Å². The number of hydrogen-bond acceptors (Lipinski definition) is 4. The second kappa shape index (κ2) is 4.28. The van der Waals surface area contributed by atoms with Crippen molar-refractivity contribution in [1.82, 2.24) is 0 Å². The first kappa shape index (κ1) is 11.5. The Morgan fingerprint density at radius 3 is 2.60 bits per heavy atom. The summed E-state index contributed by atoms with van der Waals surface area (Å²) in [6, 6.07) is 4.93. The number of ether oxygens (including phenoxy) is 1. The molecule has 0 aliphatic rings. The van der Waals surface area contributed by atoms with E-state index in [1.165, 1.54) is 18.2 Å². The van der Waals surface area contributed by atoms with Gasteiger partial charge in [-0.1, -0.05) is 6.07 Å². The normalized spacial score (nSPS) is 11.0. The summed E-state index contributed by atoms with van der Waals surface area (Å²) in [5.41, 5.74) is 0. The second-order valence-corrected chi connectivity index (χ2v) is 4.05. The van der Waals surface area contributed by atoms with Crippen LogP contribution in [0.5, 0.6) is 5.75 Å². The first-order valence-electron chi connectivity index (χ1n) is 3.82. The summed E-state index contributed by atoms with van der Waals surface area (Å²) in [4.78, 5) is 9.82. The van der Waals surface area contributed by atoms with Crippen LogP contribution < -0.4 is 4.74 Å². The highest BCUT2D eigenvalue weighted by Crippen LogP contribution is 2.16. The number of hydrogen-bond donors (Lipinski definition) is 2. The molecule has 0 saturated carbocycles. The van der Waals surface area contributed by atoms with Crippen molar-refractivity contribution in [2.24, 2.45) is 0 Å². The van der Waals surface area contributed by atoms with Crippen LogP contribution in [-0.2, 0) is 14.9 Å². The molecule has 0 amide bonds. The van der Waals surface area contributed by atoms with Gasteiger partial charge < -0.3 is 9.84 Å². The van der Waals surface area contributed by atoms with Crippen molar-refractivity contribution < 1.29 is 27.6 Å². The zero-order valence-corrected chi connectivity index (χ0v) is 8.27. The number of carboxylic acid groups (broad SMARTS) is 1. The zero-order chi connectivity index (χ0) is 11.5. The second-order valence-electron chi connectivity index (χ2n) is 2.63. The van der Waals surface area contributed by atoms with Crippen LogP contribution in [0.3, 0.4) is 0 Å². The fourth-order valence-electron chi connectivity index (χ4n) is 0.870. The molecule has 0 saturated heterocycles. The maximum atomic E-state index is 10.7. The molecule has 15 heavy (non-hydrogen) atoms. The minimum absolute atomic E-state index is 0.0625. The molecule has 0 aliphatic heterocycles. The van der Waals surface area contributed by atoms with E-state index in [2.05, 4.69) is 0 Å². The highest BCUT2D eigenvalue weighted by molar-refractivity contribution is 7.85. The monoisotopic (exact) mass is 232 g/mol. The molecule has 1 aromatic carbocycles. The smallest absolute Gasteiger partial charge is 0.341 e. The molecule has 0 unspecified atom stereocenters. The number of benzene rings is 1. The Bertz CT molecular complexity index is 464. The lowest BCUT2D eigenvalue weighted by atomic mass is 10.3. The van der Waals surface area contributed by atoms with Crippen molar-refractivity contribution in [3.05, 3.63) is 24.3 Å². The van der Waals surface area contributed by atoms with Crippen molar-refractivity contribution in [3.8, 4) is 5.75 Å². The van der Waals surface area contributed by atoms with Crippen LogP contribution in [0.4, 0.5) is 0 Å². The molecular weight excluding hydrogens is 224 g/mol. The molecule has 82 valence electrons. The van der Waals surface area contributed by atoms with Gasteiger partial charge in [-0.25, -0.2) is 4.79 Å². The molecule has 0 fully saturated rings. The molecule has 0 radical (unpaired) electrons. The Morgan fingerprint density at radius 1 is 1.40 bits per heavy atom. The van der Waals surface area contributed by atoms with Gasteiger partial charge in [0.25, 0.3) is 10.1 Å². The van der Waals surface area contributed by atoms with Crippen LogP contribution in [0, 0.1) is 0 Å². The first-order valence-corrected chi connectivity index (χ1v) is 5.26. The predicted octanol–water partition coefficient (Wildman–Crippen LogP) is 0.397. The third-order valence-corrected chi connectivity index (χ3v) is 2.32. The fourth-order valence-corrected chi connectivity index (χ4v) is 1.39. The van der Waals surface area contributed by atoms with Crippen LogP contribution in [0.25, 0.3) is 0 Å². The molecule has 0 bridgehead atoms. The molecule has 6 nitrogen and oxygen atoms in total. The molecular formula is C8H8O6S. The summed E-state index contributed by atoms with van der Waals surface area (Å²) < 4.78 is 34.8. The van der Waals surface area contributed by atoms with Crippen molar-refractivity contribution >= 4 is 16.1 Å². The summed E-state index contributed by atoms with van der Waals surface area (Å²) in [5.74, 6) is -1.11. The highest BCUT2D eigenvalue weighted by atomic mass is 32.2. The fraction of sp³-hybridized carbons (Fsp3) is 0.125. The quantitative estimate of drug-likeness (QED) is 0.728. The van der Waals surface area contributed by atoms with E-state index in [1.54, 1.807) is 0 Å². The van der Waals surface area contributed by atoms with Crippen LogP contribution in [0.2, 0.25) is 0 Å². The Kier molecular flexibility index (Phi) is 3.28. The number of aliphatic carboxylic acids is 1. The summed E-state index contributed by atoms with van der Waals surface area (Å²) in [6.45, 7) is -0.574. The lowest BCUT2D eigenvalue weighted by molar-refractivity contribution is -0.139. The van der Waals surface area contributed by atoms with Crippen LogP contribution in [-0.4, -0.2) is 30.7 Å². The molecule has 2 N–H and O–H groups in total. The predicted molar refractivity (Wildman–Crippen MR) is 49.4 cm³/mol. The molecule has 0 heterocycles. The van der Waals surface area contributed by atoms with Crippen molar-refractivity contribution in [3.63, 3.8) is 0 Å². The van der Waals surface area contributed by atoms with E-state index in [9.17, 15) is 13.2 Å². The van der Waals surface area contributed by atoms with E-state index < -0.39 is 22.7 Å². The van der Waals surface area contributed by atoms with E-state index in [-0.39, 0.29) is 10.6 Å². The molecule has 1 rings (SSSR count). The van der Waals surface area contributed by atoms with E-state index in [4.69, 9.17) is 14.4 Å². The summed E-state index contributed by atoms with van der Waals surface area (Å²) in [5, 5.41) is 8.31. The van der Waals surface area contributed by atoms with Gasteiger partial charge in [0.05, 0.1) is 4.90 Å². The lowest BCUT2D eigenvalue weighted by Gasteiger charge is -2.03. The summed E-state index contributed by atoms with van der Waals surface area (Å²) in [7, 11) is -4.29.